The van der Waals surface area contributed by atoms with E-state index < -0.39 is 12.7 Å². The van der Waals surface area contributed by atoms with Gasteiger partial charge in [-0.1, -0.05) is 0 Å². The molecule has 0 saturated heterocycles. The van der Waals surface area contributed by atoms with Crippen LogP contribution in [0.15, 0.2) is 78.9 Å². The van der Waals surface area contributed by atoms with Gasteiger partial charge in [-0.2, -0.15) is 0 Å². The number of benzene rings is 5. The van der Waals surface area contributed by atoms with E-state index in [9.17, 15) is 14.7 Å². The van der Waals surface area contributed by atoms with E-state index in [4.69, 9.17) is 0 Å². The topological polar surface area (TPSA) is 60.7 Å². The fourth-order valence-electron chi connectivity index (χ4n) is 6.76. The van der Waals surface area contributed by atoms with E-state index >= 15 is 0 Å². The van der Waals surface area contributed by atoms with Crippen molar-refractivity contribution in [3.63, 3.8) is 0 Å². The maximum atomic E-state index is 12.7. The molecule has 47 heavy (non-hydrogen) atoms. The molecule has 4 heteroatoms. The summed E-state index contributed by atoms with van der Waals surface area (Å²) in [5, 5.41) is 4.45. The zero-order valence-corrected chi connectivity index (χ0v) is 31.7. The summed E-state index contributed by atoms with van der Waals surface area (Å²) in [5.74, 6) is 0. The van der Waals surface area contributed by atoms with Crippen LogP contribution in [0.25, 0.3) is 32.7 Å². The van der Waals surface area contributed by atoms with Crippen molar-refractivity contribution in [1.29, 1.82) is 0 Å². The van der Waals surface area contributed by atoms with E-state index in [1.54, 1.807) is 6.07 Å². The van der Waals surface area contributed by atoms with Gasteiger partial charge in [0.1, 0.15) is 0 Å². The van der Waals surface area contributed by atoms with Crippen LogP contribution in [0.1, 0.15) is 111 Å². The van der Waals surface area contributed by atoms with Gasteiger partial charge < -0.3 is 0 Å². The van der Waals surface area contributed by atoms with Gasteiger partial charge in [-0.15, -0.1) is 0 Å². The molecule has 0 aliphatic carbocycles. The van der Waals surface area contributed by atoms with Gasteiger partial charge in [0.25, 0.3) is 0 Å². The number of rotatable bonds is 3. The third kappa shape index (κ3) is 6.53. The Morgan fingerprint density at radius 2 is 0.915 bits per heavy atom. The van der Waals surface area contributed by atoms with Crippen molar-refractivity contribution in [1.82, 2.24) is 0 Å². The van der Waals surface area contributed by atoms with Crippen molar-refractivity contribution in [2.45, 2.75) is 112 Å². The molecule has 5 rings (SSSR count). The molecule has 0 unspecified atom stereocenters. The third-order valence-corrected chi connectivity index (χ3v) is 12.2. The summed E-state index contributed by atoms with van der Waals surface area (Å²) in [6, 6.07) is 26.7. The molecule has 250 valence electrons. The van der Waals surface area contributed by atoms with Crippen molar-refractivity contribution < 1.29 is 14.7 Å². The molecule has 3 nitrogen and oxygen atoms in total. The first-order valence-corrected chi connectivity index (χ1v) is 18.9. The zero-order valence-electron chi connectivity index (χ0n) is 30.8. The Hall–Kier alpha value is -3.07. The first kappa shape index (κ1) is 35.2. The van der Waals surface area contributed by atoms with Crippen LogP contribution in [-0.4, -0.2) is 14.7 Å². The summed E-state index contributed by atoms with van der Waals surface area (Å²) in [6.45, 7) is 28.0. The Balaban J connectivity index is 1.86. The molecule has 0 amide bonds. The Morgan fingerprint density at radius 3 is 1.38 bits per heavy atom. The Bertz CT molecular complexity index is 2010. The summed E-state index contributed by atoms with van der Waals surface area (Å²) in [4.78, 5) is 38.0. The first-order chi connectivity index (χ1) is 21.3. The normalized spacial score (nSPS) is 14.4. The van der Waals surface area contributed by atoms with Gasteiger partial charge in [-0.05, 0) is 0 Å². The quantitative estimate of drug-likeness (QED) is 0.170. The van der Waals surface area contributed by atoms with E-state index in [0.29, 0.717) is 5.56 Å². The molecule has 5 aromatic carbocycles. The molecular weight excluding hydrogens is 595 g/mol. The van der Waals surface area contributed by atoms with Crippen LogP contribution in [0, 0.1) is 6.92 Å². The minimum atomic E-state index is -5.74. The number of aryl methyl sites for hydroxylation is 1. The predicted octanol–water partition coefficient (Wildman–Crippen LogP) is 10.4. The van der Waals surface area contributed by atoms with Crippen LogP contribution in [0.4, 0.5) is 0 Å². The molecule has 0 saturated carbocycles. The van der Waals surface area contributed by atoms with Gasteiger partial charge in [-0.25, -0.2) is 0 Å². The van der Waals surface area contributed by atoms with Gasteiger partial charge in [0, 0.05) is 0 Å². The predicted molar refractivity (Wildman–Crippen MR) is 206 cm³/mol. The third-order valence-electron chi connectivity index (χ3n) is 9.69. The summed E-state index contributed by atoms with van der Waals surface area (Å²) in [5.41, 5.74) is 5.96. The Morgan fingerprint density at radius 1 is 0.447 bits per heavy atom. The van der Waals surface area contributed by atoms with Crippen LogP contribution >= 0.6 is 7.28 Å². The molecule has 3 N–H and O–H groups in total. The average Bonchev–Trinajstić information content (AvgIpc) is 2.93. The van der Waals surface area contributed by atoms with Crippen molar-refractivity contribution in [2.75, 3.05) is 0 Å². The second kappa shape index (κ2) is 11.0. The Labute approximate surface area is 282 Å². The summed E-state index contributed by atoms with van der Waals surface area (Å²) < 4.78 is 0. The minimum absolute atomic E-state index is 0.0127. The van der Waals surface area contributed by atoms with Crippen LogP contribution in [0.2, 0.25) is 0 Å². The summed E-state index contributed by atoms with van der Waals surface area (Å²) in [7, 11) is -5.74. The van der Waals surface area contributed by atoms with Crippen LogP contribution < -0.4 is 10.6 Å². The molecular formula is C43H55O3P. The van der Waals surface area contributed by atoms with Crippen molar-refractivity contribution in [2.24, 2.45) is 0 Å². The first-order valence-electron chi connectivity index (χ1n) is 16.8. The van der Waals surface area contributed by atoms with E-state index in [1.807, 2.05) is 37.3 Å². The van der Waals surface area contributed by atoms with E-state index in [0.717, 1.165) is 43.8 Å². The molecule has 0 atom stereocenters. The van der Waals surface area contributed by atoms with Gasteiger partial charge in [0.2, 0.25) is 0 Å². The van der Waals surface area contributed by atoms with Crippen molar-refractivity contribution >= 4 is 39.4 Å². The second-order valence-electron chi connectivity index (χ2n) is 17.8. The molecule has 0 bridgehead atoms. The molecule has 0 spiro atoms. The van der Waals surface area contributed by atoms with E-state index in [-0.39, 0.29) is 26.9 Å². The SMILES string of the molecule is Cc1cccc(P(O)(O)(O)c2cc3ccc(C(C)(C)C)cc3cc2C(C)(C)C)c1-c1cc2ccc(C(C)(C)C)cc2cc1C(C)(C)C. The molecule has 0 heterocycles. The number of fused-ring (bicyclic) bond motifs is 2. The van der Waals surface area contributed by atoms with Crippen LogP contribution in [-0.2, 0) is 21.7 Å². The molecule has 0 aromatic heterocycles. The van der Waals surface area contributed by atoms with Crippen LogP contribution in [0.5, 0.6) is 0 Å². The van der Waals surface area contributed by atoms with E-state index in [1.165, 1.54) is 11.1 Å². The van der Waals surface area contributed by atoms with Gasteiger partial charge in [0.05, 0.1) is 0 Å². The molecule has 0 aliphatic heterocycles. The van der Waals surface area contributed by atoms with Gasteiger partial charge >= 0.3 is 284 Å². The van der Waals surface area contributed by atoms with Crippen molar-refractivity contribution in [3.05, 3.63) is 107 Å². The second-order valence-corrected chi connectivity index (χ2v) is 20.8. The van der Waals surface area contributed by atoms with Gasteiger partial charge in [-0.3, -0.25) is 0 Å². The standard InChI is InChI=1S/C43H55O3P/c1-27-15-14-16-37(39(27)34-23-28-17-19-32(40(2,3)4)21-30(28)24-35(34)42(8,9)10)47(44,45,46)38-26-29-18-20-33(41(5,6)7)22-31(29)25-36(38)43(11,12)13/h14-26,44-46H,1-13H3. The molecule has 5 aromatic rings. The average molecular weight is 651 g/mol. The Kier molecular flexibility index (Phi) is 8.23. The van der Waals surface area contributed by atoms with Gasteiger partial charge in [0.15, 0.2) is 0 Å². The molecule has 0 aliphatic rings. The fraction of sp³-hybridized carbons (Fsp3) is 0.395. The van der Waals surface area contributed by atoms with E-state index in [2.05, 4.69) is 126 Å². The number of hydrogen-bond donors (Lipinski definition) is 3. The summed E-state index contributed by atoms with van der Waals surface area (Å²) in [6.07, 6.45) is 0. The fourth-order valence-corrected chi connectivity index (χ4v) is 9.31. The zero-order chi connectivity index (χ0) is 35.1. The molecule has 0 radical (unpaired) electrons. The summed E-state index contributed by atoms with van der Waals surface area (Å²) >= 11 is 0. The number of hydrogen-bond acceptors (Lipinski definition) is 3. The monoisotopic (exact) mass is 650 g/mol. The van der Waals surface area contributed by atoms with Crippen LogP contribution in [0.3, 0.4) is 0 Å². The molecule has 0 fully saturated rings. The maximum absolute atomic E-state index is 12.7. The van der Waals surface area contributed by atoms with Crippen molar-refractivity contribution in [3.8, 4) is 11.1 Å².